The number of carbonyl (C=O) groups is 2. The Morgan fingerprint density at radius 3 is 2.60 bits per heavy atom. The molecule has 2 fully saturated rings. The first-order valence-corrected chi connectivity index (χ1v) is 9.01. The van der Waals surface area contributed by atoms with Crippen LogP contribution in [0.3, 0.4) is 0 Å². The van der Waals surface area contributed by atoms with Crippen molar-refractivity contribution in [2.45, 2.75) is 37.7 Å². The van der Waals surface area contributed by atoms with Gasteiger partial charge in [-0.1, -0.05) is 37.3 Å². The average Bonchev–Trinajstić information content (AvgIpc) is 2.90. The fourth-order valence-corrected chi connectivity index (χ4v) is 3.76. The fourth-order valence-electron chi connectivity index (χ4n) is 3.76. The molecule has 6 heteroatoms. The lowest BCUT2D eigenvalue weighted by Crippen LogP contribution is -2.47. The van der Waals surface area contributed by atoms with E-state index in [2.05, 4.69) is 24.0 Å². The molecule has 1 spiro atoms. The van der Waals surface area contributed by atoms with Gasteiger partial charge in [-0.15, -0.1) is 0 Å². The maximum atomic E-state index is 12.3. The Morgan fingerprint density at radius 2 is 1.96 bits per heavy atom. The lowest BCUT2D eigenvalue weighted by molar-refractivity contribution is -0.118. The molecule has 0 bridgehead atoms. The van der Waals surface area contributed by atoms with E-state index in [0.29, 0.717) is 26.1 Å². The van der Waals surface area contributed by atoms with Crippen LogP contribution in [0.4, 0.5) is 4.79 Å². The predicted octanol–water partition coefficient (Wildman–Crippen LogP) is 1.95. The molecule has 1 unspecified atom stereocenters. The van der Waals surface area contributed by atoms with Gasteiger partial charge in [0.15, 0.2) is 0 Å². The van der Waals surface area contributed by atoms with Gasteiger partial charge in [0.1, 0.15) is 5.60 Å². The van der Waals surface area contributed by atoms with Crippen molar-refractivity contribution >= 4 is 12.0 Å². The predicted molar refractivity (Wildman–Crippen MR) is 95.1 cm³/mol. The molecule has 1 aromatic rings. The van der Waals surface area contributed by atoms with Crippen LogP contribution in [-0.4, -0.2) is 60.1 Å². The number of nitrogens with zero attached hydrogens (tertiary/aromatic N) is 2. The van der Waals surface area contributed by atoms with E-state index in [1.807, 2.05) is 23.1 Å². The number of hydrogen-bond donors (Lipinski definition) is 1. The topological polar surface area (TPSA) is 75.9 Å². The molecule has 0 aliphatic carbocycles. The molecule has 2 heterocycles. The summed E-state index contributed by atoms with van der Waals surface area (Å²) in [6.07, 6.45) is 1.81. The van der Waals surface area contributed by atoms with Gasteiger partial charge >= 0.3 is 6.09 Å². The highest BCUT2D eigenvalue weighted by atomic mass is 16.6. The Labute approximate surface area is 148 Å². The molecule has 2 aliphatic rings. The van der Waals surface area contributed by atoms with Crippen LogP contribution in [0.5, 0.6) is 0 Å². The molecular weight excluding hydrogens is 318 g/mol. The van der Waals surface area contributed by atoms with Gasteiger partial charge in [0, 0.05) is 45.4 Å². The van der Waals surface area contributed by atoms with E-state index >= 15 is 0 Å². The highest BCUT2D eigenvalue weighted by Crippen LogP contribution is 2.34. The van der Waals surface area contributed by atoms with E-state index in [4.69, 9.17) is 10.5 Å². The molecule has 2 saturated heterocycles. The number of ether oxygens (including phenoxy) is 1. The zero-order chi connectivity index (χ0) is 17.9. The summed E-state index contributed by atoms with van der Waals surface area (Å²) in [5.41, 5.74) is 6.08. The van der Waals surface area contributed by atoms with E-state index in [-0.39, 0.29) is 23.5 Å². The van der Waals surface area contributed by atoms with Crippen molar-refractivity contribution in [2.75, 3.05) is 32.7 Å². The number of hydrogen-bond acceptors (Lipinski definition) is 4. The lowest BCUT2D eigenvalue weighted by Gasteiger charge is -2.37. The lowest BCUT2D eigenvalue weighted by atomic mass is 9.91. The summed E-state index contributed by atoms with van der Waals surface area (Å²) in [6, 6.07) is 10.2. The first-order valence-electron chi connectivity index (χ1n) is 9.01. The first kappa shape index (κ1) is 17.7. The zero-order valence-electron chi connectivity index (χ0n) is 14.8. The standard InChI is InChI=1S/C19H27N3O3/c1-15(16-5-3-2-4-6-16)13-22-14-19(25-18(22)24)8-11-21(12-9-19)10-7-17(20)23/h2-6,15H,7-14H2,1H3,(H2,20,23). The summed E-state index contributed by atoms with van der Waals surface area (Å²) in [5.74, 6) is 0.00760. The summed E-state index contributed by atoms with van der Waals surface area (Å²) < 4.78 is 5.78. The van der Waals surface area contributed by atoms with E-state index in [1.54, 1.807) is 0 Å². The number of rotatable bonds is 6. The van der Waals surface area contributed by atoms with Crippen LogP contribution in [0.15, 0.2) is 30.3 Å². The molecular formula is C19H27N3O3. The molecule has 0 radical (unpaired) electrons. The summed E-state index contributed by atoms with van der Waals surface area (Å²) in [6.45, 7) is 5.84. The second kappa shape index (κ2) is 7.44. The molecule has 6 nitrogen and oxygen atoms in total. The number of amides is 2. The van der Waals surface area contributed by atoms with Crippen LogP contribution in [0.1, 0.15) is 37.7 Å². The minimum absolute atomic E-state index is 0.201. The number of primary amides is 1. The summed E-state index contributed by atoms with van der Waals surface area (Å²) in [5, 5.41) is 0. The average molecular weight is 345 g/mol. The van der Waals surface area contributed by atoms with E-state index in [1.165, 1.54) is 5.56 Å². The molecule has 1 atom stereocenters. The maximum absolute atomic E-state index is 12.3. The zero-order valence-corrected chi connectivity index (χ0v) is 14.8. The van der Waals surface area contributed by atoms with Gasteiger partial charge in [0.2, 0.25) is 5.91 Å². The SMILES string of the molecule is CC(CN1CC2(CCN(CCC(N)=O)CC2)OC1=O)c1ccccc1. The van der Waals surface area contributed by atoms with Crippen molar-refractivity contribution in [3.63, 3.8) is 0 Å². The Hall–Kier alpha value is -2.08. The van der Waals surface area contributed by atoms with Gasteiger partial charge < -0.3 is 20.3 Å². The molecule has 25 heavy (non-hydrogen) atoms. The van der Waals surface area contributed by atoms with Crippen LogP contribution in [0.2, 0.25) is 0 Å². The minimum atomic E-state index is -0.364. The van der Waals surface area contributed by atoms with Crippen molar-refractivity contribution in [1.29, 1.82) is 0 Å². The summed E-state index contributed by atoms with van der Waals surface area (Å²) >= 11 is 0. The molecule has 3 rings (SSSR count). The van der Waals surface area contributed by atoms with Crippen molar-refractivity contribution < 1.29 is 14.3 Å². The molecule has 2 amide bonds. The third-order valence-corrected chi connectivity index (χ3v) is 5.35. The third kappa shape index (κ3) is 4.31. The number of nitrogens with two attached hydrogens (primary N) is 1. The van der Waals surface area contributed by atoms with Crippen molar-refractivity contribution in [1.82, 2.24) is 9.80 Å². The second-order valence-corrected chi connectivity index (χ2v) is 7.30. The Balaban J connectivity index is 1.53. The molecule has 0 aromatic heterocycles. The highest BCUT2D eigenvalue weighted by molar-refractivity contribution is 5.73. The van der Waals surface area contributed by atoms with Crippen LogP contribution in [0, 0.1) is 0 Å². The van der Waals surface area contributed by atoms with Crippen LogP contribution < -0.4 is 5.73 Å². The smallest absolute Gasteiger partial charge is 0.410 e. The largest absolute Gasteiger partial charge is 0.441 e. The monoisotopic (exact) mass is 345 g/mol. The van der Waals surface area contributed by atoms with Gasteiger partial charge in [-0.05, 0) is 11.5 Å². The number of carbonyl (C=O) groups excluding carboxylic acids is 2. The van der Waals surface area contributed by atoms with Gasteiger partial charge in [-0.3, -0.25) is 4.79 Å². The molecule has 2 N–H and O–H groups in total. The molecule has 1 aromatic carbocycles. The minimum Gasteiger partial charge on any atom is -0.441 e. The third-order valence-electron chi connectivity index (χ3n) is 5.35. The number of benzene rings is 1. The summed E-state index contributed by atoms with van der Waals surface area (Å²) in [4.78, 5) is 27.3. The van der Waals surface area contributed by atoms with Crippen LogP contribution in [0.25, 0.3) is 0 Å². The summed E-state index contributed by atoms with van der Waals surface area (Å²) in [7, 11) is 0. The molecule has 0 saturated carbocycles. The van der Waals surface area contributed by atoms with Gasteiger partial charge in [-0.25, -0.2) is 4.79 Å². The number of piperidine rings is 1. The first-order chi connectivity index (χ1) is 12.0. The van der Waals surface area contributed by atoms with Crippen molar-refractivity contribution in [2.24, 2.45) is 5.73 Å². The van der Waals surface area contributed by atoms with Crippen molar-refractivity contribution in [3.05, 3.63) is 35.9 Å². The number of likely N-dealkylation sites (tertiary alicyclic amines) is 1. The van der Waals surface area contributed by atoms with Gasteiger partial charge in [0.05, 0.1) is 6.54 Å². The highest BCUT2D eigenvalue weighted by Gasteiger charge is 2.47. The quantitative estimate of drug-likeness (QED) is 0.855. The second-order valence-electron chi connectivity index (χ2n) is 7.30. The van der Waals surface area contributed by atoms with Gasteiger partial charge in [-0.2, -0.15) is 0 Å². The Kier molecular flexibility index (Phi) is 5.27. The van der Waals surface area contributed by atoms with Crippen LogP contribution in [-0.2, 0) is 9.53 Å². The van der Waals surface area contributed by atoms with E-state index < -0.39 is 0 Å². The van der Waals surface area contributed by atoms with E-state index in [0.717, 1.165) is 25.9 Å². The molecule has 2 aliphatic heterocycles. The molecule has 136 valence electrons. The van der Waals surface area contributed by atoms with Crippen molar-refractivity contribution in [3.8, 4) is 0 Å². The van der Waals surface area contributed by atoms with Gasteiger partial charge in [0.25, 0.3) is 0 Å². The maximum Gasteiger partial charge on any atom is 0.410 e. The van der Waals surface area contributed by atoms with E-state index in [9.17, 15) is 9.59 Å². The fraction of sp³-hybridized carbons (Fsp3) is 0.579. The Morgan fingerprint density at radius 1 is 1.28 bits per heavy atom. The Bertz CT molecular complexity index is 612. The normalized spacial score (nSPS) is 21.3. The van der Waals surface area contributed by atoms with Crippen LogP contribution >= 0.6 is 0 Å².